The van der Waals surface area contributed by atoms with Gasteiger partial charge in [0.05, 0.1) is 24.5 Å². The number of carbonyl (C=O) groups excluding carboxylic acids is 4. The van der Waals surface area contributed by atoms with Crippen LogP contribution in [0.1, 0.15) is 146 Å². The second-order valence-electron chi connectivity index (χ2n) is 25.5. The number of nitrogens with zero attached hydrogens (tertiary/aromatic N) is 8. The molecule has 0 spiro atoms. The molecule has 2 aliphatic heterocycles. The summed E-state index contributed by atoms with van der Waals surface area (Å²) in [7, 11) is 0. The molecule has 10 rings (SSSR count). The third-order valence-electron chi connectivity index (χ3n) is 18.9. The molecule has 3 aliphatic rings. The fourth-order valence-corrected chi connectivity index (χ4v) is 13.1. The number of hydrazine groups is 2. The first-order valence-corrected chi connectivity index (χ1v) is 36.1. The zero-order valence-electron chi connectivity index (χ0n) is 59.5. The van der Waals surface area contributed by atoms with Crippen LogP contribution in [-0.4, -0.2) is 96.3 Å². The summed E-state index contributed by atoms with van der Waals surface area (Å²) in [5.74, 6) is -1.46. The predicted molar refractivity (Wildman–Crippen MR) is 413 cm³/mol. The van der Waals surface area contributed by atoms with Gasteiger partial charge in [-0.05, 0) is 181 Å². The summed E-state index contributed by atoms with van der Waals surface area (Å²) in [5, 5.41) is 6.14. The van der Waals surface area contributed by atoms with Crippen LogP contribution >= 0.6 is 0 Å². The number of unbranched alkanes of at least 4 members (excludes halogenated alkanes) is 4. The molecule has 99 heavy (non-hydrogen) atoms. The number of anilines is 5. The zero-order valence-corrected chi connectivity index (χ0v) is 59.5. The first kappa shape index (κ1) is 71.4. The van der Waals surface area contributed by atoms with Crippen LogP contribution in [0.5, 0.6) is 0 Å². The Kier molecular flexibility index (Phi) is 25.4. The van der Waals surface area contributed by atoms with Gasteiger partial charge in [-0.1, -0.05) is 193 Å². The van der Waals surface area contributed by atoms with Crippen molar-refractivity contribution in [3.05, 3.63) is 280 Å². The Morgan fingerprint density at radius 1 is 0.404 bits per heavy atom. The minimum Gasteiger partial charge on any atom is -0.372 e. The Morgan fingerprint density at radius 3 is 1.19 bits per heavy atom. The summed E-state index contributed by atoms with van der Waals surface area (Å²) in [4.78, 5) is 65.3. The van der Waals surface area contributed by atoms with Crippen LogP contribution in [0, 0.1) is 0 Å². The molecule has 12 nitrogen and oxygen atoms in total. The maximum Gasteiger partial charge on any atom is 0.282 e. The lowest BCUT2D eigenvalue weighted by Crippen LogP contribution is -2.40. The lowest BCUT2D eigenvalue weighted by Gasteiger charge is -2.27. The highest BCUT2D eigenvalue weighted by molar-refractivity contribution is 6.32. The Balaban J connectivity index is 1.01. The quantitative estimate of drug-likeness (QED) is 0.0179. The number of benzene rings is 7. The van der Waals surface area contributed by atoms with Crippen LogP contribution in [0.15, 0.2) is 241 Å². The summed E-state index contributed by atoms with van der Waals surface area (Å²) < 4.78 is 2.51. The Hall–Kier alpha value is -10.3. The molecule has 2 fully saturated rings. The van der Waals surface area contributed by atoms with Crippen molar-refractivity contribution in [2.75, 3.05) is 77.1 Å². The average Bonchev–Trinajstić information content (AvgIpc) is 1.64. The van der Waals surface area contributed by atoms with Gasteiger partial charge in [-0.2, -0.15) is 0 Å². The van der Waals surface area contributed by atoms with Crippen LogP contribution in [0.2, 0.25) is 0 Å². The number of rotatable bonds is 32. The van der Waals surface area contributed by atoms with Gasteiger partial charge in [-0.3, -0.25) is 19.2 Å². The Labute approximate surface area is 588 Å². The highest BCUT2D eigenvalue weighted by Gasteiger charge is 2.43. The molecule has 12 heteroatoms. The van der Waals surface area contributed by atoms with Gasteiger partial charge in [-0.15, -0.1) is 0 Å². The van der Waals surface area contributed by atoms with Gasteiger partial charge in [0.1, 0.15) is 24.2 Å². The molecule has 1 aliphatic carbocycles. The first-order valence-electron chi connectivity index (χ1n) is 36.1. The van der Waals surface area contributed by atoms with Crippen molar-refractivity contribution in [1.82, 2.24) is 10.0 Å². The summed E-state index contributed by atoms with van der Waals surface area (Å²) in [6.45, 7) is 25.3. The molecule has 7 aromatic rings. The van der Waals surface area contributed by atoms with E-state index in [9.17, 15) is 19.2 Å². The van der Waals surface area contributed by atoms with E-state index in [2.05, 4.69) is 190 Å². The molecular formula is C87H99N8O4+. The van der Waals surface area contributed by atoms with E-state index in [-0.39, 0.29) is 47.9 Å². The summed E-state index contributed by atoms with van der Waals surface area (Å²) in [5.41, 5.74) is 15.4. The van der Waals surface area contributed by atoms with Crippen LogP contribution in [0.25, 0.3) is 23.3 Å². The van der Waals surface area contributed by atoms with Crippen molar-refractivity contribution in [2.24, 2.45) is 0 Å². The summed E-state index contributed by atoms with van der Waals surface area (Å²) in [6, 6.07) is 60.5. The standard InChI is InChI=1S/C87H99N8O4/c1-9-17-58-90(59-18-10-2)76-54-46-72(47-55-76)80(70-42-34-68(35-43-70)64-92-84(96)82(86(98)94(92)78-28-23-21-24-29-78)62-66-38-50-74(51-39-66)88(13-5)14-6)32-27-33-81(73-48-56-77(57-49-73)91(60-19-11-3)61-20-12-4)71-44-36-69(37-45-71)65-93-85(97)83(87(99)95(93)79-30-25-22-26-31-79)63-67-40-52-75(53-41-67)89(15-7)16-8/h21-57,62-63H,9-20,58-61,64-65H2,1-8H3/q+1/b82-62+,83-63+. The molecule has 0 unspecified atom stereocenters. The molecule has 0 saturated carbocycles. The number of hydrogen-bond acceptors (Lipinski definition) is 7. The zero-order chi connectivity index (χ0) is 69.6. The van der Waals surface area contributed by atoms with E-state index in [0.717, 1.165) is 171 Å². The maximum absolute atomic E-state index is 14.6. The van der Waals surface area contributed by atoms with Gasteiger partial charge in [-0.25, -0.2) is 24.6 Å². The second kappa shape index (κ2) is 35.3. The minimum atomic E-state index is -0.370. The SMILES string of the molecule is CCCCN(CCCC)c1ccc(/C(=C\C=C\C(=C2C=CC(=[N+](CCCC)CCCC)C=C2)c2ccc(CN3C(=O)/C(=C\c4ccc(N(CC)CC)cc4)C(=O)N3c3ccccc3)cc2)c2ccc(CN3C(=O)/C(=C\c4ccc(N(CC)CC)cc4)C(=O)N3c3ccccc3)cc2)cc1. The molecular weight excluding hydrogens is 1220 g/mol. The van der Waals surface area contributed by atoms with Crippen molar-refractivity contribution in [3.63, 3.8) is 0 Å². The fraction of sp³-hybridized carbons (Fsp3) is 0.299. The molecule has 510 valence electrons. The van der Waals surface area contributed by atoms with Gasteiger partial charge in [0, 0.05) is 81.3 Å². The summed E-state index contributed by atoms with van der Waals surface area (Å²) >= 11 is 0. The van der Waals surface area contributed by atoms with Crippen molar-refractivity contribution in [2.45, 2.75) is 120 Å². The van der Waals surface area contributed by atoms with E-state index in [1.807, 2.05) is 109 Å². The minimum absolute atomic E-state index is 0.112. The molecule has 4 amide bonds. The predicted octanol–water partition coefficient (Wildman–Crippen LogP) is 18.2. The average molecular weight is 1320 g/mol. The third kappa shape index (κ3) is 17.5. The number of carbonyl (C=O) groups is 4. The third-order valence-corrected chi connectivity index (χ3v) is 18.9. The maximum atomic E-state index is 14.6. The van der Waals surface area contributed by atoms with Crippen LogP contribution < -0.4 is 24.7 Å². The highest BCUT2D eigenvalue weighted by atomic mass is 16.2. The van der Waals surface area contributed by atoms with Gasteiger partial charge in [0.2, 0.25) is 0 Å². The lowest BCUT2D eigenvalue weighted by atomic mass is 9.93. The molecule has 0 atom stereocenters. The molecule has 0 radical (unpaired) electrons. The van der Waals surface area contributed by atoms with Crippen molar-refractivity contribution < 1.29 is 23.8 Å². The molecule has 0 bridgehead atoms. The second-order valence-corrected chi connectivity index (χ2v) is 25.5. The van der Waals surface area contributed by atoms with Gasteiger partial charge in [0.15, 0.2) is 5.71 Å². The van der Waals surface area contributed by atoms with Crippen LogP contribution in [0.3, 0.4) is 0 Å². The topological polar surface area (TPSA) is 94.0 Å². The van der Waals surface area contributed by atoms with E-state index < -0.39 is 0 Å². The molecule has 7 aromatic carbocycles. The van der Waals surface area contributed by atoms with Gasteiger partial charge >= 0.3 is 0 Å². The highest BCUT2D eigenvalue weighted by Crippen LogP contribution is 2.35. The Morgan fingerprint density at radius 2 is 0.788 bits per heavy atom. The largest absolute Gasteiger partial charge is 0.372 e. The normalized spacial score (nSPS) is 14.9. The monoisotopic (exact) mass is 1320 g/mol. The smallest absolute Gasteiger partial charge is 0.282 e. The number of amides is 4. The molecule has 2 heterocycles. The van der Waals surface area contributed by atoms with E-state index in [1.54, 1.807) is 22.2 Å². The number of para-hydroxylation sites is 2. The molecule has 2 saturated heterocycles. The van der Waals surface area contributed by atoms with E-state index >= 15 is 0 Å². The van der Waals surface area contributed by atoms with Gasteiger partial charge < -0.3 is 14.7 Å². The van der Waals surface area contributed by atoms with E-state index in [0.29, 0.717) is 11.4 Å². The summed E-state index contributed by atoms with van der Waals surface area (Å²) in [6.07, 6.45) is 27.9. The first-order chi connectivity index (χ1) is 48.4. The number of allylic oxidation sites excluding steroid dienone is 9. The van der Waals surface area contributed by atoms with Crippen LogP contribution in [-0.2, 0) is 32.3 Å². The Bertz CT molecular complexity index is 4100. The van der Waals surface area contributed by atoms with Gasteiger partial charge in [0.25, 0.3) is 23.6 Å². The lowest BCUT2D eigenvalue weighted by molar-refractivity contribution is -0.527. The number of hydrogen-bond donors (Lipinski definition) is 0. The van der Waals surface area contributed by atoms with Crippen molar-refractivity contribution in [1.29, 1.82) is 0 Å². The van der Waals surface area contributed by atoms with E-state index in [4.69, 9.17) is 0 Å². The fourth-order valence-electron chi connectivity index (χ4n) is 13.1. The van der Waals surface area contributed by atoms with Crippen molar-refractivity contribution in [3.8, 4) is 0 Å². The van der Waals surface area contributed by atoms with Crippen molar-refractivity contribution >= 4 is 81.1 Å². The molecule has 0 N–H and O–H groups in total. The van der Waals surface area contributed by atoms with E-state index in [1.165, 1.54) is 21.4 Å². The van der Waals surface area contributed by atoms with Crippen LogP contribution in [0.4, 0.5) is 28.4 Å². The molecule has 0 aromatic heterocycles.